The molecule has 1 aliphatic heterocycles. The standard InChI is InChI=1S/C21H19Cl2N3O2/c1-13-3-2-4-15-19(13)16(21(27)26-7-9-28-10-8-26)12-24-20(15)25-18-6-5-14(22)11-17(18)23/h2-6,11-12H,7-10H2,1H3,(H,24,25). The van der Waals surface area contributed by atoms with E-state index in [9.17, 15) is 4.79 Å². The highest BCUT2D eigenvalue weighted by molar-refractivity contribution is 6.36. The highest BCUT2D eigenvalue weighted by Crippen LogP contribution is 2.33. The molecule has 1 aliphatic rings. The van der Waals surface area contributed by atoms with Crippen molar-refractivity contribution >= 4 is 51.4 Å². The predicted octanol–water partition coefficient (Wildman–Crippen LogP) is 5.07. The molecule has 1 amide bonds. The Morgan fingerprint density at radius 3 is 2.71 bits per heavy atom. The number of hydrogen-bond acceptors (Lipinski definition) is 4. The number of halogens is 2. The van der Waals surface area contributed by atoms with E-state index in [0.29, 0.717) is 53.4 Å². The summed E-state index contributed by atoms with van der Waals surface area (Å²) >= 11 is 12.3. The second kappa shape index (κ2) is 7.95. The number of benzene rings is 2. The molecule has 28 heavy (non-hydrogen) atoms. The molecule has 3 aromatic rings. The molecule has 1 N–H and O–H groups in total. The fourth-order valence-electron chi connectivity index (χ4n) is 3.40. The maximum atomic E-state index is 13.1. The molecule has 0 aliphatic carbocycles. The Kier molecular flexibility index (Phi) is 5.40. The summed E-state index contributed by atoms with van der Waals surface area (Å²) in [5.41, 5.74) is 2.32. The van der Waals surface area contributed by atoms with Crippen LogP contribution in [0, 0.1) is 6.92 Å². The monoisotopic (exact) mass is 415 g/mol. The summed E-state index contributed by atoms with van der Waals surface area (Å²) in [6.45, 7) is 4.30. The molecule has 1 fully saturated rings. The van der Waals surface area contributed by atoms with Crippen LogP contribution < -0.4 is 5.32 Å². The molecule has 0 unspecified atom stereocenters. The van der Waals surface area contributed by atoms with Crippen LogP contribution in [0.2, 0.25) is 10.0 Å². The van der Waals surface area contributed by atoms with Gasteiger partial charge in [0.1, 0.15) is 5.82 Å². The largest absolute Gasteiger partial charge is 0.378 e. The SMILES string of the molecule is Cc1cccc2c(Nc3ccc(Cl)cc3Cl)ncc(C(=O)N3CCOCC3)c12. The second-order valence-electron chi connectivity index (χ2n) is 6.67. The van der Waals surface area contributed by atoms with Crippen LogP contribution in [0.3, 0.4) is 0 Å². The summed E-state index contributed by atoms with van der Waals surface area (Å²) in [6, 6.07) is 11.2. The Hall–Kier alpha value is -2.34. The van der Waals surface area contributed by atoms with Gasteiger partial charge in [-0.1, -0.05) is 41.4 Å². The van der Waals surface area contributed by atoms with Crippen molar-refractivity contribution < 1.29 is 9.53 Å². The van der Waals surface area contributed by atoms with Gasteiger partial charge in [-0.15, -0.1) is 0 Å². The Morgan fingerprint density at radius 1 is 1.18 bits per heavy atom. The number of amides is 1. The molecule has 2 aromatic carbocycles. The van der Waals surface area contributed by atoms with E-state index in [2.05, 4.69) is 10.3 Å². The van der Waals surface area contributed by atoms with E-state index in [1.807, 2.05) is 30.0 Å². The average Bonchev–Trinajstić information content (AvgIpc) is 2.70. The molecular weight excluding hydrogens is 397 g/mol. The van der Waals surface area contributed by atoms with Crippen LogP contribution in [-0.2, 0) is 4.74 Å². The van der Waals surface area contributed by atoms with Gasteiger partial charge in [-0.2, -0.15) is 0 Å². The Bertz CT molecular complexity index is 1050. The molecule has 0 bridgehead atoms. The van der Waals surface area contributed by atoms with Crippen molar-refractivity contribution in [2.45, 2.75) is 6.92 Å². The number of anilines is 2. The van der Waals surface area contributed by atoms with Crippen LogP contribution in [0.15, 0.2) is 42.6 Å². The molecule has 0 spiro atoms. The van der Waals surface area contributed by atoms with Gasteiger partial charge in [0.2, 0.25) is 0 Å². The van der Waals surface area contributed by atoms with Gasteiger partial charge in [0.05, 0.1) is 29.5 Å². The van der Waals surface area contributed by atoms with Gasteiger partial charge in [-0.3, -0.25) is 4.79 Å². The van der Waals surface area contributed by atoms with E-state index >= 15 is 0 Å². The molecule has 1 aromatic heterocycles. The van der Waals surface area contributed by atoms with Crippen molar-refractivity contribution in [3.63, 3.8) is 0 Å². The lowest BCUT2D eigenvalue weighted by molar-refractivity contribution is 0.0304. The third-order valence-corrected chi connectivity index (χ3v) is 5.38. The maximum absolute atomic E-state index is 13.1. The number of fused-ring (bicyclic) bond motifs is 1. The highest BCUT2D eigenvalue weighted by atomic mass is 35.5. The van der Waals surface area contributed by atoms with Gasteiger partial charge in [-0.25, -0.2) is 4.98 Å². The van der Waals surface area contributed by atoms with Crippen LogP contribution in [0.25, 0.3) is 10.8 Å². The molecule has 7 heteroatoms. The van der Waals surface area contributed by atoms with E-state index in [4.69, 9.17) is 27.9 Å². The predicted molar refractivity (Wildman–Crippen MR) is 113 cm³/mol. The summed E-state index contributed by atoms with van der Waals surface area (Å²) in [5.74, 6) is 0.618. The first-order valence-electron chi connectivity index (χ1n) is 9.02. The van der Waals surface area contributed by atoms with Gasteiger partial charge in [0.25, 0.3) is 5.91 Å². The van der Waals surface area contributed by atoms with Gasteiger partial charge in [0, 0.05) is 35.1 Å². The number of nitrogens with one attached hydrogen (secondary N) is 1. The number of hydrogen-bond donors (Lipinski definition) is 1. The number of morpholine rings is 1. The van der Waals surface area contributed by atoms with Crippen molar-refractivity contribution in [3.05, 3.63) is 63.8 Å². The van der Waals surface area contributed by atoms with E-state index in [-0.39, 0.29) is 5.91 Å². The molecule has 0 atom stereocenters. The number of carbonyl (C=O) groups is 1. The first-order valence-corrected chi connectivity index (χ1v) is 9.77. The minimum Gasteiger partial charge on any atom is -0.378 e. The molecule has 0 radical (unpaired) electrons. The van der Waals surface area contributed by atoms with E-state index in [1.54, 1.807) is 24.4 Å². The van der Waals surface area contributed by atoms with Crippen molar-refractivity contribution in [2.75, 3.05) is 31.6 Å². The summed E-state index contributed by atoms with van der Waals surface area (Å²) in [4.78, 5) is 19.5. The molecular formula is C21H19Cl2N3O2. The van der Waals surface area contributed by atoms with Crippen LogP contribution >= 0.6 is 23.2 Å². The maximum Gasteiger partial charge on any atom is 0.256 e. The summed E-state index contributed by atoms with van der Waals surface area (Å²) in [6.07, 6.45) is 1.64. The van der Waals surface area contributed by atoms with Crippen molar-refractivity contribution in [2.24, 2.45) is 0 Å². The number of rotatable bonds is 3. The third kappa shape index (κ3) is 3.65. The minimum absolute atomic E-state index is 0.0221. The van der Waals surface area contributed by atoms with E-state index in [0.717, 1.165) is 16.3 Å². The van der Waals surface area contributed by atoms with Crippen LogP contribution in [-0.4, -0.2) is 42.1 Å². The van der Waals surface area contributed by atoms with Gasteiger partial charge >= 0.3 is 0 Å². The fraction of sp³-hybridized carbons (Fsp3) is 0.238. The van der Waals surface area contributed by atoms with Crippen molar-refractivity contribution in [1.29, 1.82) is 0 Å². The Balaban J connectivity index is 1.78. The van der Waals surface area contributed by atoms with Crippen LogP contribution in [0.1, 0.15) is 15.9 Å². The second-order valence-corrected chi connectivity index (χ2v) is 7.52. The molecule has 2 heterocycles. The molecule has 1 saturated heterocycles. The number of nitrogens with zero attached hydrogens (tertiary/aromatic N) is 2. The highest BCUT2D eigenvalue weighted by Gasteiger charge is 2.22. The van der Waals surface area contributed by atoms with Gasteiger partial charge < -0.3 is 15.0 Å². The summed E-state index contributed by atoms with van der Waals surface area (Å²) in [5, 5.41) is 6.09. The lowest BCUT2D eigenvalue weighted by Gasteiger charge is -2.27. The van der Waals surface area contributed by atoms with Crippen LogP contribution in [0.5, 0.6) is 0 Å². The van der Waals surface area contributed by atoms with Crippen molar-refractivity contribution in [3.8, 4) is 0 Å². The Labute approximate surface area is 173 Å². The Morgan fingerprint density at radius 2 is 1.96 bits per heavy atom. The van der Waals surface area contributed by atoms with Crippen molar-refractivity contribution in [1.82, 2.24) is 9.88 Å². The minimum atomic E-state index is -0.0221. The number of ether oxygens (including phenoxy) is 1. The number of aryl methyl sites for hydroxylation is 1. The van der Waals surface area contributed by atoms with Crippen LogP contribution in [0.4, 0.5) is 11.5 Å². The lowest BCUT2D eigenvalue weighted by atomic mass is 10.0. The third-order valence-electron chi connectivity index (χ3n) is 4.83. The molecule has 144 valence electrons. The zero-order chi connectivity index (χ0) is 19.7. The molecule has 5 nitrogen and oxygen atoms in total. The van der Waals surface area contributed by atoms with E-state index in [1.165, 1.54) is 0 Å². The number of pyridine rings is 1. The smallest absolute Gasteiger partial charge is 0.256 e. The lowest BCUT2D eigenvalue weighted by Crippen LogP contribution is -2.40. The number of aromatic nitrogens is 1. The zero-order valence-corrected chi connectivity index (χ0v) is 16.8. The quantitative estimate of drug-likeness (QED) is 0.648. The topological polar surface area (TPSA) is 54.5 Å². The first-order chi connectivity index (χ1) is 13.5. The molecule has 4 rings (SSSR count). The first kappa shape index (κ1) is 19.0. The van der Waals surface area contributed by atoms with Gasteiger partial charge in [0.15, 0.2) is 0 Å². The van der Waals surface area contributed by atoms with E-state index < -0.39 is 0 Å². The zero-order valence-electron chi connectivity index (χ0n) is 15.3. The summed E-state index contributed by atoms with van der Waals surface area (Å²) < 4.78 is 5.36. The fourth-order valence-corrected chi connectivity index (χ4v) is 3.86. The van der Waals surface area contributed by atoms with Gasteiger partial charge in [-0.05, 0) is 30.7 Å². The average molecular weight is 416 g/mol. The molecule has 0 saturated carbocycles. The number of carbonyl (C=O) groups excluding carboxylic acids is 1. The normalized spacial score (nSPS) is 14.3. The summed E-state index contributed by atoms with van der Waals surface area (Å²) in [7, 11) is 0.